The molecule has 0 spiro atoms. The number of likely N-dealkylation sites (N-methyl/N-ethyl adjacent to an activating group) is 1. The molecule has 0 radical (unpaired) electrons. The van der Waals surface area contributed by atoms with E-state index in [-0.39, 0.29) is 17.7 Å². The number of imide groups is 1. The van der Waals surface area contributed by atoms with Gasteiger partial charge in [-0.25, -0.2) is 38.0 Å². The highest BCUT2D eigenvalue weighted by Gasteiger charge is 2.35. The minimum absolute atomic E-state index is 0.0709. The second-order valence-electron chi connectivity index (χ2n) is 34.5. The summed E-state index contributed by atoms with van der Waals surface area (Å²) in [6, 6.07) is 96.3. The van der Waals surface area contributed by atoms with E-state index in [9.17, 15) is 14.4 Å². The molecule has 2 saturated heterocycles. The number of unbranched alkanes of at least 4 members (excludes halogenated alkanes) is 2. The molecule has 0 atom stereocenters. The quantitative estimate of drug-likeness (QED) is 0.0290. The third kappa shape index (κ3) is 24.1. The highest BCUT2D eigenvalue weighted by Crippen LogP contribution is 2.32. The van der Waals surface area contributed by atoms with Crippen LogP contribution in [0.5, 0.6) is 28.7 Å². The number of hydrogen-bond donors (Lipinski definition) is 1. The van der Waals surface area contributed by atoms with E-state index in [0.29, 0.717) is 67.9 Å². The number of pyridine rings is 4. The molecule has 26 heteroatoms. The van der Waals surface area contributed by atoms with Gasteiger partial charge in [-0.05, 0) is 282 Å². The number of amides is 3. The molecule has 0 aliphatic carbocycles. The minimum atomic E-state index is -0.239. The molecule has 0 bridgehead atoms. The Balaban J connectivity index is 0.000000127. The number of rotatable bonds is 34. The summed E-state index contributed by atoms with van der Waals surface area (Å²) in [5, 5.41) is 22.1. The number of ether oxygens (including phenoxy) is 6. The van der Waals surface area contributed by atoms with Gasteiger partial charge in [-0.15, -0.1) is 0 Å². The predicted octanol–water partition coefficient (Wildman–Crippen LogP) is 18.8. The SMILES string of the molecule is CCCCCOc1ccc(Cc2nc3cccc(-c4ccc(OC)cc4)n3n2)cc1.COc1ccc(-c2cccc3nc(Cc4ccc(OCCCN5C(=O)c6ccccc6C5=O)cc4)nn23)cc1.COc1ccc(-c2cccc3nc(Cc4cccc(C(=O)NCCN(C)C)c4)nn23)cc1.c1cc(-c2ccc(N3CCOCC3)cc2)n2nc(Cc3ccc(CCCN4CCCC4)cc3)nc2c1. The standard InChI is InChI=1S/C31H26N4O4.C30H35N5O.C25H27N5O2.C25H27N3O2/c1-38-23-16-12-22(13-17-23)27-8-4-9-29-32-28(33-35(27)29)20-21-10-14-24(15-11-21)39-19-5-18-34-30(36)25-6-2-3-7-26(25)31(34)37;1-2-17-33(16-1)18-4-5-24-8-10-25(11-9-24)23-29-31-30-7-3-6-28(35(30)32-29)26-12-14-27(15-13-26)34-19-21-36-22-20-34;1-29(2)15-14-26-25(31)20-7-4-6-18(16-20)17-23-27-24-9-5-8-22(30(24)28-23)19-10-12-21(32-3)13-11-19;1-3-4-5-17-30-22-13-9-19(10-14-22)18-24-26-25-8-6-7-23(28(25)27-24)20-11-15-21(29-2)16-12-20/h2-4,6-17H,5,18-20H2,1H3;3,6-15H,1-2,4-5,16-23H2;4-13,16H,14-15,17H2,1-3H3,(H,26,31);6-16H,3-5,17-18H2,1-2H3. The number of hydrogen-bond acceptors (Lipinski definition) is 20. The van der Waals surface area contributed by atoms with E-state index in [1.807, 2.05) is 225 Å². The summed E-state index contributed by atoms with van der Waals surface area (Å²) in [6.07, 6.45) is 11.7. The van der Waals surface area contributed by atoms with Crippen LogP contribution in [-0.4, -0.2) is 205 Å². The number of nitrogens with one attached hydrogen (secondary N) is 1. The van der Waals surface area contributed by atoms with Crippen molar-refractivity contribution in [1.29, 1.82) is 0 Å². The van der Waals surface area contributed by atoms with Crippen LogP contribution in [0.3, 0.4) is 0 Å². The molecule has 3 aliphatic rings. The van der Waals surface area contributed by atoms with Crippen molar-refractivity contribution < 1.29 is 42.8 Å². The van der Waals surface area contributed by atoms with Crippen molar-refractivity contribution >= 4 is 46.0 Å². The normalized spacial score (nSPS) is 13.0. The van der Waals surface area contributed by atoms with E-state index in [1.165, 1.54) is 73.5 Å². The molecule has 698 valence electrons. The molecular formula is C111H115N17O9. The van der Waals surface area contributed by atoms with Gasteiger partial charge in [0, 0.05) is 91.9 Å². The first-order valence-electron chi connectivity index (χ1n) is 47.2. The van der Waals surface area contributed by atoms with Crippen molar-refractivity contribution in [2.24, 2.45) is 0 Å². The van der Waals surface area contributed by atoms with Crippen molar-refractivity contribution in [3.8, 4) is 73.8 Å². The van der Waals surface area contributed by atoms with Gasteiger partial charge in [0.25, 0.3) is 17.7 Å². The summed E-state index contributed by atoms with van der Waals surface area (Å²) in [5.41, 5.74) is 20.3. The van der Waals surface area contributed by atoms with Crippen molar-refractivity contribution in [2.75, 3.05) is 119 Å². The van der Waals surface area contributed by atoms with Crippen LogP contribution in [0.15, 0.2) is 291 Å². The lowest BCUT2D eigenvalue weighted by atomic mass is 10.1. The lowest BCUT2D eigenvalue weighted by molar-refractivity contribution is 0.0646. The molecule has 0 saturated carbocycles. The lowest BCUT2D eigenvalue weighted by Crippen LogP contribution is -2.36. The van der Waals surface area contributed by atoms with E-state index >= 15 is 0 Å². The summed E-state index contributed by atoms with van der Waals surface area (Å²) in [5.74, 6) is 6.63. The Labute approximate surface area is 798 Å². The molecule has 137 heavy (non-hydrogen) atoms. The Bertz CT molecular complexity index is 6840. The average Bonchev–Trinajstić information content (AvgIpc) is 1.45. The van der Waals surface area contributed by atoms with Crippen LogP contribution >= 0.6 is 0 Å². The average molecular weight is 1830 g/mol. The third-order valence-electron chi connectivity index (χ3n) is 24.5. The van der Waals surface area contributed by atoms with Gasteiger partial charge in [0.2, 0.25) is 0 Å². The zero-order chi connectivity index (χ0) is 94.2. The number of nitrogens with zero attached hydrogens (tertiary/aromatic N) is 16. The highest BCUT2D eigenvalue weighted by molar-refractivity contribution is 6.21. The Morgan fingerprint density at radius 2 is 0.781 bits per heavy atom. The summed E-state index contributed by atoms with van der Waals surface area (Å²) in [6.45, 7) is 12.4. The Kier molecular flexibility index (Phi) is 31.2. The van der Waals surface area contributed by atoms with Gasteiger partial charge >= 0.3 is 0 Å². The van der Waals surface area contributed by atoms with Crippen molar-refractivity contribution in [3.63, 3.8) is 0 Å². The highest BCUT2D eigenvalue weighted by atomic mass is 16.5. The molecule has 9 aromatic carbocycles. The Morgan fingerprint density at radius 1 is 0.394 bits per heavy atom. The maximum absolute atomic E-state index is 12.5. The number of fused-ring (bicyclic) bond motifs is 5. The van der Waals surface area contributed by atoms with Gasteiger partial charge in [-0.1, -0.05) is 129 Å². The molecule has 0 unspecified atom stereocenters. The maximum Gasteiger partial charge on any atom is 0.261 e. The molecule has 26 nitrogen and oxygen atoms in total. The molecule has 8 aromatic heterocycles. The fourth-order valence-electron chi connectivity index (χ4n) is 17.1. The number of morpholine rings is 1. The number of likely N-dealkylation sites (tertiary alicyclic amines) is 1. The summed E-state index contributed by atoms with van der Waals surface area (Å²) < 4.78 is 40.5. The molecule has 3 aliphatic heterocycles. The van der Waals surface area contributed by atoms with Gasteiger partial charge in [-0.3, -0.25) is 19.3 Å². The fraction of sp³-hybridized carbons (Fsp3) is 0.270. The smallest absolute Gasteiger partial charge is 0.261 e. The zero-order valence-electron chi connectivity index (χ0n) is 78.5. The van der Waals surface area contributed by atoms with E-state index in [4.69, 9.17) is 68.8 Å². The molecular weight excluding hydrogens is 1720 g/mol. The molecule has 17 aromatic rings. The van der Waals surface area contributed by atoms with Crippen LogP contribution in [0.2, 0.25) is 0 Å². The largest absolute Gasteiger partial charge is 0.497 e. The predicted molar refractivity (Wildman–Crippen MR) is 535 cm³/mol. The third-order valence-corrected chi connectivity index (χ3v) is 24.5. The topological polar surface area (TPSA) is 252 Å². The first-order valence-corrected chi connectivity index (χ1v) is 47.2. The first kappa shape index (κ1) is 93.6. The van der Waals surface area contributed by atoms with Gasteiger partial charge in [0.05, 0.1) is 81.7 Å². The monoisotopic (exact) mass is 1830 g/mol. The second kappa shape index (κ2) is 45.7. The maximum atomic E-state index is 12.5. The van der Waals surface area contributed by atoms with E-state index in [1.54, 1.807) is 45.6 Å². The summed E-state index contributed by atoms with van der Waals surface area (Å²) >= 11 is 0. The van der Waals surface area contributed by atoms with Crippen molar-refractivity contribution in [1.82, 2.24) is 78.4 Å². The van der Waals surface area contributed by atoms with Gasteiger partial charge in [0.15, 0.2) is 45.9 Å². The molecule has 2 fully saturated rings. The molecule has 1 N–H and O–H groups in total. The minimum Gasteiger partial charge on any atom is -0.497 e. The molecule has 20 rings (SSSR count). The summed E-state index contributed by atoms with van der Waals surface area (Å²) in [7, 11) is 8.94. The van der Waals surface area contributed by atoms with Crippen LogP contribution < -0.4 is 33.9 Å². The van der Waals surface area contributed by atoms with Crippen LogP contribution in [0.1, 0.15) is 134 Å². The number of methoxy groups -OCH3 is 3. The number of aromatic nitrogens is 12. The molecule has 11 heterocycles. The van der Waals surface area contributed by atoms with Crippen LogP contribution in [0.4, 0.5) is 5.69 Å². The number of anilines is 1. The van der Waals surface area contributed by atoms with Crippen LogP contribution in [0, 0.1) is 0 Å². The lowest BCUT2D eigenvalue weighted by Gasteiger charge is -2.28. The zero-order valence-corrected chi connectivity index (χ0v) is 78.5. The number of carbonyl (C=O) groups excluding carboxylic acids is 3. The number of aryl methyl sites for hydroxylation is 1. The van der Waals surface area contributed by atoms with Gasteiger partial charge in [0.1, 0.15) is 28.7 Å². The number of carbonyl (C=O) groups is 3. The van der Waals surface area contributed by atoms with Crippen molar-refractivity contribution in [2.45, 2.75) is 84.0 Å². The molecule has 3 amide bonds. The Hall–Kier alpha value is -15.3. The van der Waals surface area contributed by atoms with Gasteiger partial charge in [-0.2, -0.15) is 20.4 Å². The second-order valence-corrected chi connectivity index (χ2v) is 34.5. The van der Waals surface area contributed by atoms with E-state index in [0.717, 1.165) is 189 Å². The van der Waals surface area contributed by atoms with Gasteiger partial charge < -0.3 is 48.4 Å². The van der Waals surface area contributed by atoms with Crippen LogP contribution in [0.25, 0.3) is 67.6 Å². The Morgan fingerprint density at radius 3 is 1.20 bits per heavy atom. The van der Waals surface area contributed by atoms with E-state index < -0.39 is 0 Å². The summed E-state index contributed by atoms with van der Waals surface area (Å²) in [4.78, 5) is 64.6. The van der Waals surface area contributed by atoms with Crippen molar-refractivity contribution in [3.05, 3.63) is 359 Å². The fourth-order valence-corrected chi connectivity index (χ4v) is 17.1. The van der Waals surface area contributed by atoms with E-state index in [2.05, 4.69) is 101 Å². The number of benzene rings is 9. The first-order chi connectivity index (χ1) is 67.2. The van der Waals surface area contributed by atoms with Crippen LogP contribution in [-0.2, 0) is 36.8 Å².